The number of hydrogen-bond donors (Lipinski definition) is 1. The number of carbonyl (C=O) groups is 2. The van der Waals surface area contributed by atoms with Crippen LogP contribution in [0, 0.1) is 18.3 Å². The van der Waals surface area contributed by atoms with E-state index in [1.807, 2.05) is 5.92 Å². The second-order valence-corrected chi connectivity index (χ2v) is 7.77. The normalized spacial score (nSPS) is 19.3. The molecule has 2 aliphatic carbocycles. The Bertz CT molecular complexity index is 854. The van der Waals surface area contributed by atoms with Gasteiger partial charge in [-0.15, -0.1) is 6.42 Å². The topological polar surface area (TPSA) is 66.8 Å². The van der Waals surface area contributed by atoms with Crippen LogP contribution >= 0.6 is 11.6 Å². The fraction of sp³-hybridized carbons (Fsp3) is 0.500. The van der Waals surface area contributed by atoms with E-state index < -0.39 is 35.6 Å². The Morgan fingerprint density at radius 1 is 1.31 bits per heavy atom. The van der Waals surface area contributed by atoms with Gasteiger partial charge in [-0.05, 0) is 49.8 Å². The summed E-state index contributed by atoms with van der Waals surface area (Å²) in [4.78, 5) is 25.4. The highest BCUT2D eigenvalue weighted by Crippen LogP contribution is 2.45. The van der Waals surface area contributed by atoms with Crippen LogP contribution in [0.4, 0.5) is 18.9 Å². The summed E-state index contributed by atoms with van der Waals surface area (Å²) in [7, 11) is 0. The summed E-state index contributed by atoms with van der Waals surface area (Å²) in [5.74, 6) is -0.918. The van der Waals surface area contributed by atoms with Gasteiger partial charge < -0.3 is 9.84 Å². The van der Waals surface area contributed by atoms with Crippen molar-refractivity contribution in [2.45, 2.75) is 56.3 Å². The molecule has 1 N–H and O–H groups in total. The van der Waals surface area contributed by atoms with E-state index in [1.165, 1.54) is 18.2 Å². The van der Waals surface area contributed by atoms with Crippen LogP contribution in [-0.2, 0) is 9.59 Å². The van der Waals surface area contributed by atoms with Gasteiger partial charge >= 0.3 is 18.1 Å². The molecule has 156 valence electrons. The number of hydrogen-bond acceptors (Lipinski definition) is 3. The number of carbonyl (C=O) groups excluding carboxylic acids is 1. The first kappa shape index (κ1) is 21.3. The van der Waals surface area contributed by atoms with Gasteiger partial charge in [0.05, 0.1) is 5.02 Å². The summed E-state index contributed by atoms with van der Waals surface area (Å²) >= 11 is 6.14. The molecule has 2 saturated carbocycles. The molecule has 2 aliphatic rings. The molecule has 1 aromatic rings. The van der Waals surface area contributed by atoms with Gasteiger partial charge in [0.25, 0.3) is 0 Å². The summed E-state index contributed by atoms with van der Waals surface area (Å²) in [6.07, 6.45) is 1.21. The van der Waals surface area contributed by atoms with Crippen molar-refractivity contribution in [2.24, 2.45) is 5.92 Å². The van der Waals surface area contributed by atoms with Gasteiger partial charge in [0.2, 0.25) is 0 Å². The molecule has 5 nitrogen and oxygen atoms in total. The van der Waals surface area contributed by atoms with Crippen LogP contribution in [0.5, 0.6) is 5.75 Å². The van der Waals surface area contributed by atoms with Crippen molar-refractivity contribution in [2.75, 3.05) is 4.90 Å². The third-order valence-corrected chi connectivity index (χ3v) is 5.68. The van der Waals surface area contributed by atoms with E-state index in [0.717, 1.165) is 4.90 Å². The average Bonchev–Trinajstić information content (AvgIpc) is 3.36. The molecule has 1 aromatic carbocycles. The Labute approximate surface area is 170 Å². The summed E-state index contributed by atoms with van der Waals surface area (Å²) < 4.78 is 44.8. The maximum Gasteiger partial charge on any atom is 0.425 e. The lowest BCUT2D eigenvalue weighted by Gasteiger charge is -2.36. The molecular formula is C20H19ClF3NO4. The molecular weight excluding hydrogens is 411 g/mol. The molecule has 0 bridgehead atoms. The van der Waals surface area contributed by atoms with Crippen molar-refractivity contribution in [3.63, 3.8) is 0 Å². The number of terminal acetylenes is 1. The first-order valence-corrected chi connectivity index (χ1v) is 9.55. The van der Waals surface area contributed by atoms with Gasteiger partial charge in [-0.1, -0.05) is 24.4 Å². The SMILES string of the molecule is C#CC(=O)N(c1ccc(O[C@H](C2CC2)C(F)(F)F)c(Cl)c1)C1(C(=O)O)CCCC1. The predicted octanol–water partition coefficient (Wildman–Crippen LogP) is 4.42. The van der Waals surface area contributed by atoms with Crippen LogP contribution in [0.1, 0.15) is 38.5 Å². The van der Waals surface area contributed by atoms with Crippen LogP contribution in [0.25, 0.3) is 0 Å². The lowest BCUT2D eigenvalue weighted by Crippen LogP contribution is -2.55. The third kappa shape index (κ3) is 4.15. The number of halogens is 4. The predicted molar refractivity (Wildman–Crippen MR) is 99.8 cm³/mol. The van der Waals surface area contributed by atoms with Crippen molar-refractivity contribution in [1.82, 2.24) is 0 Å². The third-order valence-electron chi connectivity index (χ3n) is 5.38. The molecule has 0 aromatic heterocycles. The van der Waals surface area contributed by atoms with Gasteiger partial charge in [-0.3, -0.25) is 9.69 Å². The molecule has 0 saturated heterocycles. The molecule has 9 heteroatoms. The molecule has 0 unspecified atom stereocenters. The first-order chi connectivity index (χ1) is 13.6. The van der Waals surface area contributed by atoms with Crippen LogP contribution in [0.3, 0.4) is 0 Å². The minimum atomic E-state index is -4.54. The molecule has 0 spiro atoms. The van der Waals surface area contributed by atoms with E-state index in [4.69, 9.17) is 22.8 Å². The standard InChI is InChI=1S/C20H19ClF3NO4/c1-2-16(26)25(19(18(27)28)9-3-4-10-19)13-7-8-15(14(21)11-13)29-17(12-5-6-12)20(22,23)24/h1,7-8,11-12,17H,3-6,9-10H2,(H,27,28)/t17-/m1/s1. The summed E-state index contributed by atoms with van der Waals surface area (Å²) in [5.41, 5.74) is -1.41. The highest BCUT2D eigenvalue weighted by Gasteiger charge is 2.52. The fourth-order valence-electron chi connectivity index (χ4n) is 3.81. The summed E-state index contributed by atoms with van der Waals surface area (Å²) in [5, 5.41) is 9.63. The molecule has 3 rings (SSSR count). The van der Waals surface area contributed by atoms with Crippen molar-refractivity contribution >= 4 is 29.2 Å². The maximum absolute atomic E-state index is 13.2. The number of carboxylic acid groups (broad SMARTS) is 1. The van der Waals surface area contributed by atoms with Gasteiger partial charge in [-0.2, -0.15) is 13.2 Å². The van der Waals surface area contributed by atoms with Crippen LogP contribution in [-0.4, -0.2) is 34.8 Å². The Morgan fingerprint density at radius 2 is 1.93 bits per heavy atom. The van der Waals surface area contributed by atoms with Crippen molar-refractivity contribution in [3.8, 4) is 18.1 Å². The number of carboxylic acids is 1. The second kappa shape index (κ2) is 7.79. The summed E-state index contributed by atoms with van der Waals surface area (Å²) in [6.45, 7) is 0. The highest BCUT2D eigenvalue weighted by molar-refractivity contribution is 6.32. The molecule has 1 atom stereocenters. The van der Waals surface area contributed by atoms with E-state index in [-0.39, 0.29) is 29.3 Å². The zero-order valence-electron chi connectivity index (χ0n) is 15.3. The van der Waals surface area contributed by atoms with Crippen molar-refractivity contribution in [3.05, 3.63) is 23.2 Å². The van der Waals surface area contributed by atoms with Crippen LogP contribution in [0.15, 0.2) is 18.2 Å². The minimum absolute atomic E-state index is 0.101. The Balaban J connectivity index is 1.95. The molecule has 29 heavy (non-hydrogen) atoms. The molecule has 2 fully saturated rings. The van der Waals surface area contributed by atoms with E-state index in [2.05, 4.69) is 0 Å². The quantitative estimate of drug-likeness (QED) is 0.680. The molecule has 0 heterocycles. The maximum atomic E-state index is 13.2. The van der Waals surface area contributed by atoms with E-state index in [0.29, 0.717) is 25.7 Å². The van der Waals surface area contributed by atoms with Crippen LogP contribution < -0.4 is 9.64 Å². The average molecular weight is 430 g/mol. The van der Waals surface area contributed by atoms with Crippen molar-refractivity contribution < 1.29 is 32.6 Å². The van der Waals surface area contributed by atoms with E-state index in [9.17, 15) is 27.9 Å². The molecule has 0 radical (unpaired) electrons. The Kier molecular flexibility index (Phi) is 5.72. The Morgan fingerprint density at radius 3 is 2.38 bits per heavy atom. The monoisotopic (exact) mass is 429 g/mol. The zero-order valence-corrected chi connectivity index (χ0v) is 16.1. The van der Waals surface area contributed by atoms with Gasteiger partial charge in [0.15, 0.2) is 6.10 Å². The summed E-state index contributed by atoms with van der Waals surface area (Å²) in [6, 6.07) is 3.73. The zero-order chi connectivity index (χ0) is 21.4. The van der Waals surface area contributed by atoms with Crippen LogP contribution in [0.2, 0.25) is 5.02 Å². The van der Waals surface area contributed by atoms with Gasteiger partial charge in [0.1, 0.15) is 11.3 Å². The second-order valence-electron chi connectivity index (χ2n) is 7.36. The molecule has 0 aliphatic heterocycles. The van der Waals surface area contributed by atoms with E-state index >= 15 is 0 Å². The van der Waals surface area contributed by atoms with Gasteiger partial charge in [-0.25, -0.2) is 4.79 Å². The van der Waals surface area contributed by atoms with E-state index in [1.54, 1.807) is 0 Å². The number of anilines is 1. The number of nitrogens with zero attached hydrogens (tertiary/aromatic N) is 1. The number of amides is 1. The number of alkyl halides is 3. The van der Waals surface area contributed by atoms with Crippen molar-refractivity contribution in [1.29, 1.82) is 0 Å². The number of aliphatic carboxylic acids is 1. The minimum Gasteiger partial charge on any atom is -0.479 e. The Hall–Kier alpha value is -2.40. The molecule has 1 amide bonds. The smallest absolute Gasteiger partial charge is 0.425 e. The largest absolute Gasteiger partial charge is 0.479 e. The number of benzene rings is 1. The number of rotatable bonds is 6. The first-order valence-electron chi connectivity index (χ1n) is 9.17. The number of ether oxygens (including phenoxy) is 1. The fourth-order valence-corrected chi connectivity index (χ4v) is 4.03. The lowest BCUT2D eigenvalue weighted by molar-refractivity contribution is -0.201. The van der Waals surface area contributed by atoms with Gasteiger partial charge in [0, 0.05) is 11.6 Å². The lowest BCUT2D eigenvalue weighted by atomic mass is 9.94. The highest BCUT2D eigenvalue weighted by atomic mass is 35.5.